The van der Waals surface area contributed by atoms with Crippen LogP contribution < -0.4 is 5.32 Å². The van der Waals surface area contributed by atoms with Crippen molar-refractivity contribution in [2.45, 2.75) is 13.1 Å². The molecular weight excluding hydrogens is 198 g/mol. The van der Waals surface area contributed by atoms with E-state index >= 15 is 0 Å². The Morgan fingerprint density at radius 1 is 1.60 bits per heavy atom. The van der Waals surface area contributed by atoms with Gasteiger partial charge in [0.15, 0.2) is 0 Å². The molecule has 2 aromatic heterocycles. The Balaban J connectivity index is 1.78. The van der Waals surface area contributed by atoms with Gasteiger partial charge >= 0.3 is 0 Å². The molecule has 8 nitrogen and oxygen atoms in total. The van der Waals surface area contributed by atoms with Crippen molar-refractivity contribution in [3.05, 3.63) is 24.5 Å². The van der Waals surface area contributed by atoms with Gasteiger partial charge in [-0.1, -0.05) is 0 Å². The van der Waals surface area contributed by atoms with E-state index < -0.39 is 0 Å². The van der Waals surface area contributed by atoms with Crippen LogP contribution in [0.3, 0.4) is 0 Å². The van der Waals surface area contributed by atoms with Crippen LogP contribution in [-0.4, -0.2) is 36.1 Å². The maximum absolute atomic E-state index is 11.3. The lowest BCUT2D eigenvalue weighted by molar-refractivity contribution is -0.122. The van der Waals surface area contributed by atoms with Crippen molar-refractivity contribution >= 4 is 5.91 Å². The average molecular weight is 207 g/mol. The van der Waals surface area contributed by atoms with Crippen LogP contribution in [0.2, 0.25) is 0 Å². The highest BCUT2D eigenvalue weighted by atomic mass is 16.2. The molecule has 0 aliphatic heterocycles. The highest BCUT2D eigenvalue weighted by molar-refractivity contribution is 5.75. The van der Waals surface area contributed by atoms with Gasteiger partial charge < -0.3 is 10.3 Å². The highest BCUT2D eigenvalue weighted by Crippen LogP contribution is 1.87. The van der Waals surface area contributed by atoms with E-state index in [4.69, 9.17) is 0 Å². The Morgan fingerprint density at radius 3 is 3.20 bits per heavy atom. The summed E-state index contributed by atoms with van der Waals surface area (Å²) >= 11 is 0. The van der Waals surface area contributed by atoms with Crippen LogP contribution in [0, 0.1) is 0 Å². The minimum absolute atomic E-state index is 0.105. The molecule has 2 N–H and O–H groups in total. The maximum Gasteiger partial charge on any atom is 0.242 e. The van der Waals surface area contributed by atoms with Crippen LogP contribution >= 0.6 is 0 Å². The zero-order chi connectivity index (χ0) is 10.5. The fraction of sp³-hybridized carbons (Fsp3) is 0.286. The topological polar surface area (TPSA) is 101 Å². The van der Waals surface area contributed by atoms with Gasteiger partial charge in [0.05, 0.1) is 6.54 Å². The summed E-state index contributed by atoms with van der Waals surface area (Å²) < 4.78 is 1.34. The molecule has 0 radical (unpaired) electrons. The van der Waals surface area contributed by atoms with Gasteiger partial charge in [-0.25, -0.2) is 9.67 Å². The third kappa shape index (κ3) is 2.59. The van der Waals surface area contributed by atoms with E-state index in [1.165, 1.54) is 11.0 Å². The molecule has 2 aromatic rings. The number of nitrogens with zero attached hydrogens (tertiary/aromatic N) is 5. The predicted molar refractivity (Wildman–Crippen MR) is 48.3 cm³/mol. The summed E-state index contributed by atoms with van der Waals surface area (Å²) in [5.41, 5.74) is 0. The van der Waals surface area contributed by atoms with Crippen LogP contribution in [0.25, 0.3) is 0 Å². The number of aromatic nitrogens is 6. The third-order valence-corrected chi connectivity index (χ3v) is 1.70. The molecule has 2 rings (SSSR count). The molecule has 0 unspecified atom stereocenters. The Hall–Kier alpha value is -2.25. The lowest BCUT2D eigenvalue weighted by Crippen LogP contribution is -2.27. The number of rotatable bonds is 4. The van der Waals surface area contributed by atoms with Gasteiger partial charge in [0, 0.05) is 12.4 Å². The van der Waals surface area contributed by atoms with Crippen LogP contribution in [0.15, 0.2) is 18.7 Å². The first-order valence-electron chi connectivity index (χ1n) is 4.30. The highest BCUT2D eigenvalue weighted by Gasteiger charge is 2.03. The van der Waals surface area contributed by atoms with E-state index in [9.17, 15) is 4.79 Å². The first-order chi connectivity index (χ1) is 7.34. The summed E-state index contributed by atoms with van der Waals surface area (Å²) in [6, 6.07) is 0. The molecule has 0 saturated heterocycles. The predicted octanol–water partition coefficient (Wildman–Crippen LogP) is -1.29. The molecule has 0 fully saturated rings. The number of H-pyrrole nitrogens is 1. The Kier molecular flexibility index (Phi) is 2.68. The number of carbonyl (C=O) groups is 1. The van der Waals surface area contributed by atoms with Crippen LogP contribution in [0.4, 0.5) is 0 Å². The minimum atomic E-state index is -0.168. The van der Waals surface area contributed by atoms with Crippen molar-refractivity contribution in [3.63, 3.8) is 0 Å². The molecule has 0 spiro atoms. The van der Waals surface area contributed by atoms with E-state index in [0.29, 0.717) is 12.4 Å². The van der Waals surface area contributed by atoms with Gasteiger partial charge in [0.25, 0.3) is 0 Å². The van der Waals surface area contributed by atoms with Gasteiger partial charge in [0.2, 0.25) is 5.91 Å². The largest absolute Gasteiger partial charge is 0.347 e. The quantitative estimate of drug-likeness (QED) is 0.649. The minimum Gasteiger partial charge on any atom is -0.347 e. The van der Waals surface area contributed by atoms with E-state index in [1.54, 1.807) is 12.4 Å². The number of hydrogen-bond donors (Lipinski definition) is 2. The molecule has 0 atom stereocenters. The summed E-state index contributed by atoms with van der Waals surface area (Å²) in [5, 5.41) is 13.1. The van der Waals surface area contributed by atoms with Crippen LogP contribution in [0.5, 0.6) is 0 Å². The number of imidazole rings is 1. The summed E-state index contributed by atoms with van der Waals surface area (Å²) in [6.45, 7) is 0.474. The zero-order valence-corrected chi connectivity index (χ0v) is 7.79. The molecule has 0 aliphatic rings. The molecule has 0 bridgehead atoms. The molecule has 0 aliphatic carbocycles. The maximum atomic E-state index is 11.3. The van der Waals surface area contributed by atoms with Crippen LogP contribution in [0.1, 0.15) is 5.82 Å². The molecule has 2 heterocycles. The van der Waals surface area contributed by atoms with Crippen molar-refractivity contribution in [1.29, 1.82) is 0 Å². The SMILES string of the molecule is O=C(Cn1cnnn1)NCc1ncc[nH]1. The second-order valence-corrected chi connectivity index (χ2v) is 2.82. The van der Waals surface area contributed by atoms with Gasteiger partial charge in [-0.2, -0.15) is 0 Å². The van der Waals surface area contributed by atoms with Crippen molar-refractivity contribution in [2.24, 2.45) is 0 Å². The molecule has 0 saturated carbocycles. The second-order valence-electron chi connectivity index (χ2n) is 2.82. The van der Waals surface area contributed by atoms with E-state index in [2.05, 4.69) is 30.8 Å². The summed E-state index contributed by atoms with van der Waals surface area (Å²) in [6.07, 6.45) is 4.71. The summed E-state index contributed by atoms with van der Waals surface area (Å²) in [4.78, 5) is 18.2. The Labute approximate surface area is 84.7 Å². The molecule has 8 heteroatoms. The Morgan fingerprint density at radius 2 is 2.53 bits per heavy atom. The first-order valence-corrected chi connectivity index (χ1v) is 4.30. The fourth-order valence-electron chi connectivity index (χ4n) is 1.03. The molecular formula is C7H9N7O. The molecule has 1 amide bonds. The molecule has 78 valence electrons. The number of aromatic amines is 1. The summed E-state index contributed by atoms with van der Waals surface area (Å²) in [5.74, 6) is 0.541. The normalized spacial score (nSPS) is 10.1. The Bertz CT molecular complexity index is 406. The second kappa shape index (κ2) is 4.31. The van der Waals surface area contributed by atoms with Crippen molar-refractivity contribution < 1.29 is 4.79 Å². The fourth-order valence-corrected chi connectivity index (χ4v) is 1.03. The van der Waals surface area contributed by atoms with Gasteiger partial charge in [-0.3, -0.25) is 4.79 Å². The number of amides is 1. The van der Waals surface area contributed by atoms with E-state index in [0.717, 1.165) is 0 Å². The van der Waals surface area contributed by atoms with Gasteiger partial charge in [-0.05, 0) is 10.4 Å². The van der Waals surface area contributed by atoms with E-state index in [-0.39, 0.29) is 12.5 Å². The van der Waals surface area contributed by atoms with Crippen LogP contribution in [-0.2, 0) is 17.9 Å². The van der Waals surface area contributed by atoms with Crippen molar-refractivity contribution in [1.82, 2.24) is 35.5 Å². The van der Waals surface area contributed by atoms with Crippen molar-refractivity contribution in [3.8, 4) is 0 Å². The van der Waals surface area contributed by atoms with Gasteiger partial charge in [0.1, 0.15) is 18.7 Å². The smallest absolute Gasteiger partial charge is 0.242 e. The van der Waals surface area contributed by atoms with Gasteiger partial charge in [-0.15, -0.1) is 5.10 Å². The van der Waals surface area contributed by atoms with Crippen molar-refractivity contribution in [2.75, 3.05) is 0 Å². The monoisotopic (exact) mass is 207 g/mol. The molecule has 0 aromatic carbocycles. The van der Waals surface area contributed by atoms with E-state index in [1.807, 2.05) is 0 Å². The first kappa shape index (κ1) is 9.31. The number of carbonyl (C=O) groups excluding carboxylic acids is 1. The zero-order valence-electron chi connectivity index (χ0n) is 7.79. The molecule has 15 heavy (non-hydrogen) atoms. The third-order valence-electron chi connectivity index (χ3n) is 1.70. The number of hydrogen-bond acceptors (Lipinski definition) is 5. The lowest BCUT2D eigenvalue weighted by Gasteiger charge is -2.01. The summed E-state index contributed by atoms with van der Waals surface area (Å²) in [7, 11) is 0. The lowest BCUT2D eigenvalue weighted by atomic mass is 10.5. The number of tetrazole rings is 1. The number of nitrogens with one attached hydrogen (secondary N) is 2. The standard InChI is InChI=1S/C7H9N7O/c15-7(4-14-5-11-12-13-14)10-3-6-8-1-2-9-6/h1-2,5H,3-4H2,(H,8,9)(H,10,15). The average Bonchev–Trinajstić information content (AvgIpc) is 2.86.